The molecule has 3 heterocycles. The van der Waals surface area contributed by atoms with E-state index in [2.05, 4.69) is 10.1 Å². The van der Waals surface area contributed by atoms with E-state index in [4.69, 9.17) is 11.6 Å². The van der Waals surface area contributed by atoms with Gasteiger partial charge in [0.2, 0.25) is 0 Å². The van der Waals surface area contributed by atoms with Crippen LogP contribution >= 0.6 is 11.6 Å². The monoisotopic (exact) mass is 352 g/mol. The van der Waals surface area contributed by atoms with E-state index in [0.717, 1.165) is 34.5 Å². The lowest BCUT2D eigenvalue weighted by Crippen LogP contribution is -2.37. The molecule has 0 saturated carbocycles. The number of aryl methyl sites for hydroxylation is 1. The molecule has 6 heteroatoms. The Morgan fingerprint density at radius 3 is 2.72 bits per heavy atom. The van der Waals surface area contributed by atoms with E-state index >= 15 is 0 Å². The van der Waals surface area contributed by atoms with E-state index in [1.165, 1.54) is 0 Å². The third-order valence-corrected chi connectivity index (χ3v) is 4.96. The molecule has 126 valence electrons. The van der Waals surface area contributed by atoms with Crippen LogP contribution < -0.4 is 4.90 Å². The minimum Gasteiger partial charge on any atom is -0.306 e. The van der Waals surface area contributed by atoms with Crippen LogP contribution in [0, 0.1) is 6.92 Å². The molecule has 1 aliphatic rings. The minimum atomic E-state index is -0.0141. The van der Waals surface area contributed by atoms with Gasteiger partial charge in [-0.25, -0.2) is 0 Å². The van der Waals surface area contributed by atoms with Gasteiger partial charge in [-0.1, -0.05) is 11.6 Å². The van der Waals surface area contributed by atoms with E-state index < -0.39 is 0 Å². The summed E-state index contributed by atoms with van der Waals surface area (Å²) in [5.41, 5.74) is 5.54. The maximum absolute atomic E-state index is 12.9. The van der Waals surface area contributed by atoms with Crippen molar-refractivity contribution in [2.45, 2.75) is 13.3 Å². The molecule has 0 N–H and O–H groups in total. The first-order valence-electron chi connectivity index (χ1n) is 8.09. The summed E-state index contributed by atoms with van der Waals surface area (Å²) in [5, 5.41) is 4.95. The number of aromatic nitrogens is 3. The third-order valence-electron chi connectivity index (χ3n) is 4.73. The number of hydrogen-bond acceptors (Lipinski definition) is 3. The molecule has 0 aliphatic carbocycles. The first-order valence-corrected chi connectivity index (χ1v) is 8.46. The quantitative estimate of drug-likeness (QED) is 0.707. The third kappa shape index (κ3) is 2.70. The zero-order valence-corrected chi connectivity index (χ0v) is 14.8. The second-order valence-electron chi connectivity index (χ2n) is 6.21. The lowest BCUT2D eigenvalue weighted by atomic mass is 9.98. The number of anilines is 1. The van der Waals surface area contributed by atoms with Crippen LogP contribution in [0.2, 0.25) is 5.02 Å². The fraction of sp³-hybridized carbons (Fsp3) is 0.211. The van der Waals surface area contributed by atoms with Gasteiger partial charge in [0.1, 0.15) is 0 Å². The second kappa shape index (κ2) is 6.01. The first-order chi connectivity index (χ1) is 12.0. The Labute approximate surface area is 150 Å². The minimum absolute atomic E-state index is 0.0141. The molecular formula is C19H17ClN4O. The molecule has 0 fully saturated rings. The highest BCUT2D eigenvalue weighted by molar-refractivity contribution is 6.30. The predicted octanol–water partition coefficient (Wildman–Crippen LogP) is 3.65. The Hall–Kier alpha value is -2.66. The van der Waals surface area contributed by atoms with E-state index in [1.807, 2.05) is 37.0 Å². The number of fused-ring (bicyclic) bond motifs is 1. The fourth-order valence-electron chi connectivity index (χ4n) is 3.21. The predicted molar refractivity (Wildman–Crippen MR) is 98.0 cm³/mol. The van der Waals surface area contributed by atoms with Crippen LogP contribution in [0.15, 0.2) is 42.9 Å². The Morgan fingerprint density at radius 2 is 1.96 bits per heavy atom. The van der Waals surface area contributed by atoms with E-state index in [1.54, 1.807) is 29.4 Å². The van der Waals surface area contributed by atoms with Gasteiger partial charge in [-0.3, -0.25) is 14.5 Å². The maximum atomic E-state index is 12.9. The molecule has 2 aromatic heterocycles. The first kappa shape index (κ1) is 15.8. The Bertz CT molecular complexity index is 979. The van der Waals surface area contributed by atoms with Crippen molar-refractivity contribution in [3.8, 4) is 11.1 Å². The van der Waals surface area contributed by atoms with Crippen LogP contribution in [0.25, 0.3) is 11.1 Å². The van der Waals surface area contributed by atoms with Gasteiger partial charge in [0.15, 0.2) is 0 Å². The van der Waals surface area contributed by atoms with E-state index in [0.29, 0.717) is 17.1 Å². The summed E-state index contributed by atoms with van der Waals surface area (Å²) in [4.78, 5) is 19.0. The van der Waals surface area contributed by atoms with Gasteiger partial charge in [0.25, 0.3) is 5.91 Å². The summed E-state index contributed by atoms with van der Waals surface area (Å²) >= 11 is 6.04. The number of hydrogen-bond donors (Lipinski definition) is 0. The van der Waals surface area contributed by atoms with Crippen molar-refractivity contribution in [3.05, 3.63) is 64.7 Å². The van der Waals surface area contributed by atoms with E-state index in [-0.39, 0.29) is 5.91 Å². The smallest absolute Gasteiger partial charge is 0.258 e. The number of amides is 1. The van der Waals surface area contributed by atoms with Crippen LogP contribution in [0.4, 0.5) is 5.69 Å². The Balaban J connectivity index is 1.71. The summed E-state index contributed by atoms with van der Waals surface area (Å²) in [5.74, 6) is -0.0141. The molecule has 5 nitrogen and oxygen atoms in total. The number of halogens is 1. The molecule has 1 aromatic carbocycles. The summed E-state index contributed by atoms with van der Waals surface area (Å²) in [6, 6.07) is 7.43. The number of nitrogens with zero attached hydrogens (tertiary/aromatic N) is 4. The maximum Gasteiger partial charge on any atom is 0.258 e. The normalized spacial score (nSPS) is 13.9. The van der Waals surface area contributed by atoms with Crippen molar-refractivity contribution in [2.24, 2.45) is 7.05 Å². The van der Waals surface area contributed by atoms with Gasteiger partial charge in [-0.05, 0) is 43.2 Å². The van der Waals surface area contributed by atoms with Crippen molar-refractivity contribution >= 4 is 23.2 Å². The number of rotatable bonds is 2. The van der Waals surface area contributed by atoms with Gasteiger partial charge in [0, 0.05) is 47.2 Å². The topological polar surface area (TPSA) is 51.0 Å². The van der Waals surface area contributed by atoms with Crippen molar-refractivity contribution in [1.82, 2.24) is 14.8 Å². The molecule has 0 unspecified atom stereocenters. The van der Waals surface area contributed by atoms with Crippen LogP contribution in [0.1, 0.15) is 21.6 Å². The highest BCUT2D eigenvalue weighted by atomic mass is 35.5. The molecule has 4 rings (SSSR count). The fourth-order valence-corrected chi connectivity index (χ4v) is 3.40. The lowest BCUT2D eigenvalue weighted by molar-refractivity contribution is 0.0980. The number of carbonyl (C=O) groups excluding carboxylic acids is 1. The van der Waals surface area contributed by atoms with Crippen molar-refractivity contribution in [1.29, 1.82) is 0 Å². The average molecular weight is 353 g/mol. The molecule has 0 bridgehead atoms. The number of benzene rings is 1. The lowest BCUT2D eigenvalue weighted by Gasteiger charge is -2.28. The summed E-state index contributed by atoms with van der Waals surface area (Å²) in [6.45, 7) is 2.63. The van der Waals surface area contributed by atoms with Crippen molar-refractivity contribution < 1.29 is 4.79 Å². The SMILES string of the molecule is Cc1c(-c2cncc(N3CCc4cc(Cl)ccc4C3=O)c2)cnn1C. The highest BCUT2D eigenvalue weighted by Gasteiger charge is 2.26. The molecule has 25 heavy (non-hydrogen) atoms. The zero-order chi connectivity index (χ0) is 17.6. The number of carbonyl (C=O) groups is 1. The van der Waals surface area contributed by atoms with Gasteiger partial charge in [-0.15, -0.1) is 0 Å². The van der Waals surface area contributed by atoms with Gasteiger partial charge in [0.05, 0.1) is 18.1 Å². The van der Waals surface area contributed by atoms with Crippen LogP contribution in [0.3, 0.4) is 0 Å². The molecule has 1 amide bonds. The summed E-state index contributed by atoms with van der Waals surface area (Å²) in [7, 11) is 1.91. The number of pyridine rings is 1. The summed E-state index contributed by atoms with van der Waals surface area (Å²) in [6.07, 6.45) is 6.13. The second-order valence-corrected chi connectivity index (χ2v) is 6.64. The van der Waals surface area contributed by atoms with Gasteiger partial charge < -0.3 is 4.90 Å². The largest absolute Gasteiger partial charge is 0.306 e. The van der Waals surface area contributed by atoms with Crippen LogP contribution in [-0.2, 0) is 13.5 Å². The molecule has 0 spiro atoms. The Kier molecular flexibility index (Phi) is 3.81. The molecule has 3 aromatic rings. The standard InChI is InChI=1S/C19H17ClN4O/c1-12-18(11-22-23(12)2)14-8-16(10-21-9-14)24-6-5-13-7-15(20)3-4-17(13)19(24)25/h3-4,7-11H,5-6H2,1-2H3. The highest BCUT2D eigenvalue weighted by Crippen LogP contribution is 2.29. The van der Waals surface area contributed by atoms with Crippen molar-refractivity contribution in [3.63, 3.8) is 0 Å². The molecular weight excluding hydrogens is 336 g/mol. The molecule has 0 saturated heterocycles. The van der Waals surface area contributed by atoms with E-state index in [9.17, 15) is 4.79 Å². The van der Waals surface area contributed by atoms with Gasteiger partial charge in [-0.2, -0.15) is 5.10 Å². The molecule has 1 aliphatic heterocycles. The van der Waals surface area contributed by atoms with Crippen LogP contribution in [-0.4, -0.2) is 27.2 Å². The summed E-state index contributed by atoms with van der Waals surface area (Å²) < 4.78 is 1.83. The Morgan fingerprint density at radius 1 is 1.12 bits per heavy atom. The molecule has 0 atom stereocenters. The average Bonchev–Trinajstić information content (AvgIpc) is 2.94. The van der Waals surface area contributed by atoms with Crippen molar-refractivity contribution in [2.75, 3.05) is 11.4 Å². The van der Waals surface area contributed by atoms with Gasteiger partial charge >= 0.3 is 0 Å². The zero-order valence-electron chi connectivity index (χ0n) is 14.0. The van der Waals surface area contributed by atoms with Crippen LogP contribution in [0.5, 0.6) is 0 Å². The molecule has 0 radical (unpaired) electrons.